The Morgan fingerprint density at radius 2 is 2.17 bits per heavy atom. The van der Waals surface area contributed by atoms with Crippen LogP contribution in [0.1, 0.15) is 13.3 Å². The first-order valence-corrected chi connectivity index (χ1v) is 5.40. The van der Waals surface area contributed by atoms with Gasteiger partial charge in [-0.2, -0.15) is 0 Å². The summed E-state index contributed by atoms with van der Waals surface area (Å²) in [5.41, 5.74) is 0.699. The van der Waals surface area contributed by atoms with Crippen molar-refractivity contribution in [1.29, 1.82) is 0 Å². The Labute approximate surface area is 103 Å². The monoisotopic (exact) mass is 248 g/mol. The Hall–Kier alpha value is -2.38. The summed E-state index contributed by atoms with van der Waals surface area (Å²) < 4.78 is 1.56. The standard InChI is InChI=1S/C10H12N6O2/c1-7(2-9(17)18)5-16-10(13-14-15-16)8-3-11-6-12-4-8/h3-4,6-7H,2,5H2,1H3,(H,17,18). The summed E-state index contributed by atoms with van der Waals surface area (Å²) in [5.74, 6) is -0.359. The number of rotatable bonds is 5. The van der Waals surface area contributed by atoms with Crippen molar-refractivity contribution >= 4 is 5.97 Å². The maximum Gasteiger partial charge on any atom is 0.303 e. The van der Waals surface area contributed by atoms with Gasteiger partial charge in [-0.1, -0.05) is 6.92 Å². The zero-order chi connectivity index (χ0) is 13.0. The van der Waals surface area contributed by atoms with Crippen molar-refractivity contribution in [3.05, 3.63) is 18.7 Å². The predicted octanol–water partition coefficient (Wildman–Crippen LogP) is 0.241. The van der Waals surface area contributed by atoms with Gasteiger partial charge < -0.3 is 5.11 Å². The normalized spacial score (nSPS) is 12.3. The van der Waals surface area contributed by atoms with Crippen LogP contribution in [0.25, 0.3) is 11.4 Å². The molecular weight excluding hydrogens is 236 g/mol. The number of aliphatic carboxylic acids is 1. The zero-order valence-corrected chi connectivity index (χ0v) is 9.76. The minimum atomic E-state index is -0.833. The lowest BCUT2D eigenvalue weighted by Gasteiger charge is -2.09. The maximum atomic E-state index is 10.6. The van der Waals surface area contributed by atoms with Gasteiger partial charge in [-0.15, -0.1) is 5.10 Å². The Morgan fingerprint density at radius 3 is 2.83 bits per heavy atom. The Kier molecular flexibility index (Phi) is 3.56. The van der Waals surface area contributed by atoms with Crippen LogP contribution in [0.3, 0.4) is 0 Å². The van der Waals surface area contributed by atoms with Gasteiger partial charge >= 0.3 is 5.97 Å². The molecule has 1 N–H and O–H groups in total. The fourth-order valence-corrected chi connectivity index (χ4v) is 1.61. The van der Waals surface area contributed by atoms with Gasteiger partial charge in [-0.3, -0.25) is 4.79 Å². The molecule has 94 valence electrons. The summed E-state index contributed by atoms with van der Waals surface area (Å²) in [7, 11) is 0. The number of hydrogen-bond donors (Lipinski definition) is 1. The lowest BCUT2D eigenvalue weighted by Crippen LogP contribution is -2.14. The molecule has 0 saturated carbocycles. The number of tetrazole rings is 1. The molecule has 8 nitrogen and oxygen atoms in total. The molecule has 2 aromatic heterocycles. The molecule has 0 saturated heterocycles. The van der Waals surface area contributed by atoms with E-state index in [0.717, 1.165) is 0 Å². The van der Waals surface area contributed by atoms with Gasteiger partial charge in [0.1, 0.15) is 6.33 Å². The van der Waals surface area contributed by atoms with E-state index in [1.54, 1.807) is 17.1 Å². The van der Waals surface area contributed by atoms with Gasteiger partial charge in [0.15, 0.2) is 5.82 Å². The van der Waals surface area contributed by atoms with Crippen molar-refractivity contribution in [3.8, 4) is 11.4 Å². The van der Waals surface area contributed by atoms with E-state index in [1.807, 2.05) is 6.92 Å². The molecule has 1 atom stereocenters. The van der Waals surface area contributed by atoms with E-state index in [2.05, 4.69) is 25.5 Å². The highest BCUT2D eigenvalue weighted by atomic mass is 16.4. The molecule has 0 amide bonds. The molecule has 0 radical (unpaired) electrons. The number of carboxylic acid groups (broad SMARTS) is 1. The molecule has 1 unspecified atom stereocenters. The molecular formula is C10H12N6O2. The van der Waals surface area contributed by atoms with Crippen LogP contribution >= 0.6 is 0 Å². The van der Waals surface area contributed by atoms with E-state index >= 15 is 0 Å². The van der Waals surface area contributed by atoms with Gasteiger partial charge in [-0.05, 0) is 16.3 Å². The lowest BCUT2D eigenvalue weighted by molar-refractivity contribution is -0.138. The van der Waals surface area contributed by atoms with Gasteiger partial charge in [0.25, 0.3) is 0 Å². The van der Waals surface area contributed by atoms with Crippen molar-refractivity contribution in [2.75, 3.05) is 0 Å². The minimum Gasteiger partial charge on any atom is -0.481 e. The highest BCUT2D eigenvalue weighted by Crippen LogP contribution is 2.14. The first-order valence-electron chi connectivity index (χ1n) is 5.40. The van der Waals surface area contributed by atoms with E-state index in [0.29, 0.717) is 17.9 Å². The average Bonchev–Trinajstić information content (AvgIpc) is 2.77. The maximum absolute atomic E-state index is 10.6. The molecule has 0 aliphatic carbocycles. The molecule has 0 aliphatic rings. The van der Waals surface area contributed by atoms with Crippen molar-refractivity contribution < 1.29 is 9.90 Å². The van der Waals surface area contributed by atoms with Crippen molar-refractivity contribution in [1.82, 2.24) is 30.2 Å². The summed E-state index contributed by atoms with van der Waals surface area (Å²) in [6.45, 7) is 2.27. The van der Waals surface area contributed by atoms with Gasteiger partial charge in [-0.25, -0.2) is 14.6 Å². The largest absolute Gasteiger partial charge is 0.481 e. The van der Waals surface area contributed by atoms with Gasteiger partial charge in [0, 0.05) is 25.4 Å². The molecule has 0 aromatic carbocycles. The molecule has 0 bridgehead atoms. The third-order valence-corrected chi connectivity index (χ3v) is 2.36. The second-order valence-electron chi connectivity index (χ2n) is 4.01. The number of aromatic nitrogens is 6. The second kappa shape index (κ2) is 5.30. The molecule has 2 rings (SSSR count). The average molecular weight is 248 g/mol. The number of carboxylic acids is 1. The van der Waals surface area contributed by atoms with Crippen molar-refractivity contribution in [2.45, 2.75) is 19.9 Å². The Balaban J connectivity index is 2.16. The van der Waals surface area contributed by atoms with Crippen LogP contribution in [0.2, 0.25) is 0 Å². The summed E-state index contributed by atoms with van der Waals surface area (Å²) in [4.78, 5) is 18.4. The lowest BCUT2D eigenvalue weighted by atomic mass is 10.1. The second-order valence-corrected chi connectivity index (χ2v) is 4.01. The first-order chi connectivity index (χ1) is 8.66. The molecule has 8 heteroatoms. The van der Waals surface area contributed by atoms with E-state index in [1.165, 1.54) is 6.33 Å². The van der Waals surface area contributed by atoms with Crippen LogP contribution in [-0.4, -0.2) is 41.3 Å². The smallest absolute Gasteiger partial charge is 0.303 e. The fraction of sp³-hybridized carbons (Fsp3) is 0.400. The quantitative estimate of drug-likeness (QED) is 0.807. The van der Waals surface area contributed by atoms with E-state index < -0.39 is 5.97 Å². The topological polar surface area (TPSA) is 107 Å². The Bertz CT molecular complexity index is 526. The van der Waals surface area contributed by atoms with Gasteiger partial charge in [0.05, 0.1) is 5.56 Å². The molecule has 2 heterocycles. The molecule has 18 heavy (non-hydrogen) atoms. The molecule has 2 aromatic rings. The van der Waals surface area contributed by atoms with E-state index in [-0.39, 0.29) is 12.3 Å². The number of carbonyl (C=O) groups is 1. The summed E-state index contributed by atoms with van der Waals surface area (Å²) in [6, 6.07) is 0. The van der Waals surface area contributed by atoms with Crippen molar-refractivity contribution in [3.63, 3.8) is 0 Å². The first kappa shape index (κ1) is 12.1. The third-order valence-electron chi connectivity index (χ3n) is 2.36. The predicted molar refractivity (Wildman–Crippen MR) is 60.3 cm³/mol. The SMILES string of the molecule is CC(CC(=O)O)Cn1nnnc1-c1cncnc1. The summed E-state index contributed by atoms with van der Waals surface area (Å²) >= 11 is 0. The third kappa shape index (κ3) is 2.84. The highest BCUT2D eigenvalue weighted by Gasteiger charge is 2.14. The van der Waals surface area contributed by atoms with Crippen LogP contribution < -0.4 is 0 Å². The summed E-state index contributed by atoms with van der Waals surface area (Å²) in [6.07, 6.45) is 4.71. The minimum absolute atomic E-state index is 0.0608. The van der Waals surface area contributed by atoms with E-state index in [9.17, 15) is 4.79 Å². The fourth-order valence-electron chi connectivity index (χ4n) is 1.61. The van der Waals surface area contributed by atoms with E-state index in [4.69, 9.17) is 5.11 Å². The van der Waals surface area contributed by atoms with Crippen LogP contribution in [0, 0.1) is 5.92 Å². The molecule has 0 fully saturated rings. The van der Waals surface area contributed by atoms with Crippen LogP contribution in [0.15, 0.2) is 18.7 Å². The zero-order valence-electron chi connectivity index (χ0n) is 9.76. The molecule has 0 spiro atoms. The molecule has 0 aliphatic heterocycles. The number of nitrogens with zero attached hydrogens (tertiary/aromatic N) is 6. The van der Waals surface area contributed by atoms with Crippen LogP contribution in [-0.2, 0) is 11.3 Å². The summed E-state index contributed by atoms with van der Waals surface area (Å²) in [5, 5.41) is 20.0. The van der Waals surface area contributed by atoms with Gasteiger partial charge in [0.2, 0.25) is 0 Å². The van der Waals surface area contributed by atoms with Crippen LogP contribution in [0.5, 0.6) is 0 Å². The van der Waals surface area contributed by atoms with Crippen molar-refractivity contribution in [2.24, 2.45) is 5.92 Å². The number of hydrogen-bond acceptors (Lipinski definition) is 6. The van der Waals surface area contributed by atoms with Crippen LogP contribution in [0.4, 0.5) is 0 Å². The Morgan fingerprint density at radius 1 is 1.44 bits per heavy atom. The highest BCUT2D eigenvalue weighted by molar-refractivity contribution is 5.66.